The second-order valence-corrected chi connectivity index (χ2v) is 5.78. The molecule has 0 atom stereocenters. The first-order valence-corrected chi connectivity index (χ1v) is 7.83. The third-order valence-electron chi connectivity index (χ3n) is 3.18. The van der Waals surface area contributed by atoms with Crippen LogP contribution in [0, 0.1) is 5.82 Å². The van der Waals surface area contributed by atoms with Gasteiger partial charge in [-0.15, -0.1) is 0 Å². The second kappa shape index (κ2) is 8.15. The van der Waals surface area contributed by atoms with Crippen LogP contribution >= 0.6 is 11.3 Å². The Hall–Kier alpha value is -1.23. The molecule has 0 saturated heterocycles. The van der Waals surface area contributed by atoms with E-state index in [1.54, 1.807) is 23.5 Å². The first-order valence-electron chi connectivity index (χ1n) is 6.89. The van der Waals surface area contributed by atoms with E-state index >= 15 is 0 Å². The predicted molar refractivity (Wildman–Crippen MR) is 83.6 cm³/mol. The van der Waals surface area contributed by atoms with Gasteiger partial charge in [-0.2, -0.15) is 11.3 Å². The van der Waals surface area contributed by atoms with Crippen molar-refractivity contribution in [1.29, 1.82) is 0 Å². The number of likely N-dealkylation sites (N-methyl/N-ethyl adjacent to an activating group) is 1. The molecular weight excluding hydrogens is 271 g/mol. The predicted octanol–water partition coefficient (Wildman–Crippen LogP) is 3.15. The zero-order valence-corrected chi connectivity index (χ0v) is 12.6. The minimum Gasteiger partial charge on any atom is -0.315 e. The Morgan fingerprint density at radius 2 is 2.10 bits per heavy atom. The van der Waals surface area contributed by atoms with Crippen molar-refractivity contribution in [2.24, 2.45) is 0 Å². The summed E-state index contributed by atoms with van der Waals surface area (Å²) in [5.41, 5.74) is 2.42. The molecule has 0 spiro atoms. The van der Waals surface area contributed by atoms with Gasteiger partial charge in [0.05, 0.1) is 0 Å². The highest BCUT2D eigenvalue weighted by atomic mass is 32.1. The van der Waals surface area contributed by atoms with Gasteiger partial charge >= 0.3 is 0 Å². The van der Waals surface area contributed by atoms with Crippen molar-refractivity contribution in [1.82, 2.24) is 10.2 Å². The Morgan fingerprint density at radius 3 is 2.85 bits per heavy atom. The van der Waals surface area contributed by atoms with E-state index in [0.29, 0.717) is 0 Å². The molecular formula is C16H21FN2S. The van der Waals surface area contributed by atoms with Gasteiger partial charge in [0, 0.05) is 19.6 Å². The summed E-state index contributed by atoms with van der Waals surface area (Å²) in [6.45, 7) is 3.70. The average molecular weight is 292 g/mol. The summed E-state index contributed by atoms with van der Waals surface area (Å²) < 4.78 is 13.1. The molecule has 2 aromatic rings. The maximum absolute atomic E-state index is 13.1. The van der Waals surface area contributed by atoms with Gasteiger partial charge in [0.15, 0.2) is 0 Å². The molecule has 108 valence electrons. The molecule has 0 radical (unpaired) electrons. The third-order valence-corrected chi connectivity index (χ3v) is 3.91. The smallest absolute Gasteiger partial charge is 0.123 e. The molecule has 4 heteroatoms. The quantitative estimate of drug-likeness (QED) is 0.752. The monoisotopic (exact) mass is 292 g/mol. The zero-order chi connectivity index (χ0) is 14.2. The van der Waals surface area contributed by atoms with Gasteiger partial charge in [0.2, 0.25) is 0 Å². The van der Waals surface area contributed by atoms with Crippen molar-refractivity contribution < 1.29 is 4.39 Å². The van der Waals surface area contributed by atoms with Crippen LogP contribution in [0.25, 0.3) is 0 Å². The van der Waals surface area contributed by atoms with Crippen LogP contribution in [0.5, 0.6) is 0 Å². The Labute approximate surface area is 124 Å². The van der Waals surface area contributed by atoms with Crippen LogP contribution in [0.3, 0.4) is 0 Å². The molecule has 0 bridgehead atoms. The van der Waals surface area contributed by atoms with Gasteiger partial charge in [-0.05, 0) is 60.1 Å². The molecule has 0 amide bonds. The minimum atomic E-state index is -0.162. The molecule has 0 aliphatic heterocycles. The van der Waals surface area contributed by atoms with Crippen LogP contribution in [0.1, 0.15) is 11.1 Å². The fraction of sp³-hybridized carbons (Fsp3) is 0.375. The zero-order valence-electron chi connectivity index (χ0n) is 11.8. The molecule has 0 aliphatic rings. The molecule has 0 fully saturated rings. The lowest BCUT2D eigenvalue weighted by Crippen LogP contribution is -2.30. The summed E-state index contributed by atoms with van der Waals surface area (Å²) in [5.74, 6) is -0.162. The van der Waals surface area contributed by atoms with Gasteiger partial charge in [-0.1, -0.05) is 12.1 Å². The van der Waals surface area contributed by atoms with E-state index in [4.69, 9.17) is 0 Å². The summed E-state index contributed by atoms with van der Waals surface area (Å²) in [6, 6.07) is 8.97. The van der Waals surface area contributed by atoms with E-state index in [2.05, 4.69) is 34.1 Å². The fourth-order valence-corrected chi connectivity index (χ4v) is 2.79. The van der Waals surface area contributed by atoms with E-state index in [-0.39, 0.29) is 5.82 Å². The summed E-state index contributed by atoms with van der Waals surface area (Å²) in [7, 11) is 2.06. The van der Waals surface area contributed by atoms with Gasteiger partial charge in [0.25, 0.3) is 0 Å². The number of benzene rings is 1. The van der Waals surface area contributed by atoms with Crippen molar-refractivity contribution in [2.75, 3.05) is 26.7 Å². The molecule has 2 rings (SSSR count). The lowest BCUT2D eigenvalue weighted by Gasteiger charge is -2.17. The fourth-order valence-electron chi connectivity index (χ4n) is 2.09. The topological polar surface area (TPSA) is 15.3 Å². The van der Waals surface area contributed by atoms with Crippen LogP contribution in [-0.4, -0.2) is 31.6 Å². The van der Waals surface area contributed by atoms with E-state index in [9.17, 15) is 4.39 Å². The molecule has 2 nitrogen and oxygen atoms in total. The van der Waals surface area contributed by atoms with Crippen LogP contribution in [0.15, 0.2) is 41.1 Å². The Bertz CT molecular complexity index is 499. The van der Waals surface area contributed by atoms with E-state index < -0.39 is 0 Å². The van der Waals surface area contributed by atoms with Gasteiger partial charge in [-0.25, -0.2) is 4.39 Å². The van der Waals surface area contributed by atoms with Gasteiger partial charge in [0.1, 0.15) is 5.82 Å². The summed E-state index contributed by atoms with van der Waals surface area (Å²) in [5, 5.41) is 7.75. The Morgan fingerprint density at radius 1 is 1.20 bits per heavy atom. The lowest BCUT2D eigenvalue weighted by molar-refractivity contribution is 0.324. The second-order valence-electron chi connectivity index (χ2n) is 5.00. The van der Waals surface area contributed by atoms with Gasteiger partial charge < -0.3 is 10.2 Å². The van der Waals surface area contributed by atoms with E-state index in [0.717, 1.165) is 38.2 Å². The van der Waals surface area contributed by atoms with Crippen LogP contribution in [0.4, 0.5) is 4.39 Å². The largest absolute Gasteiger partial charge is 0.315 e. The highest BCUT2D eigenvalue weighted by Gasteiger charge is 2.01. The highest BCUT2D eigenvalue weighted by molar-refractivity contribution is 7.07. The van der Waals surface area contributed by atoms with Crippen molar-refractivity contribution in [3.8, 4) is 0 Å². The molecule has 1 N–H and O–H groups in total. The number of hydrogen-bond donors (Lipinski definition) is 1. The van der Waals surface area contributed by atoms with Crippen molar-refractivity contribution in [3.63, 3.8) is 0 Å². The first kappa shape index (κ1) is 15.2. The third kappa shape index (κ3) is 5.41. The van der Waals surface area contributed by atoms with Crippen molar-refractivity contribution >= 4 is 11.3 Å². The van der Waals surface area contributed by atoms with E-state index in [1.807, 2.05) is 6.07 Å². The summed E-state index contributed by atoms with van der Waals surface area (Å²) in [6.07, 6.45) is 1.08. The number of rotatable bonds is 8. The van der Waals surface area contributed by atoms with E-state index in [1.165, 1.54) is 11.6 Å². The van der Waals surface area contributed by atoms with Crippen LogP contribution in [0.2, 0.25) is 0 Å². The first-order chi connectivity index (χ1) is 9.74. The number of nitrogens with zero attached hydrogens (tertiary/aromatic N) is 1. The lowest BCUT2D eigenvalue weighted by atomic mass is 10.2. The van der Waals surface area contributed by atoms with Crippen LogP contribution in [-0.2, 0) is 13.0 Å². The SMILES string of the molecule is CN(CCNCCc1ccsc1)Cc1cccc(F)c1. The molecule has 20 heavy (non-hydrogen) atoms. The number of thiophene rings is 1. The molecule has 0 saturated carbocycles. The normalized spacial score (nSPS) is 11.2. The average Bonchev–Trinajstić information content (AvgIpc) is 2.91. The molecule has 1 aromatic carbocycles. The van der Waals surface area contributed by atoms with Crippen molar-refractivity contribution in [3.05, 3.63) is 58.0 Å². The summed E-state index contributed by atoms with van der Waals surface area (Å²) in [4.78, 5) is 2.20. The number of hydrogen-bond acceptors (Lipinski definition) is 3. The molecule has 0 unspecified atom stereocenters. The minimum absolute atomic E-state index is 0.162. The number of halogens is 1. The molecule has 0 aliphatic carbocycles. The summed E-state index contributed by atoms with van der Waals surface area (Å²) >= 11 is 1.74. The molecule has 1 aromatic heterocycles. The highest BCUT2D eigenvalue weighted by Crippen LogP contribution is 2.06. The number of nitrogens with one attached hydrogen (secondary N) is 1. The van der Waals surface area contributed by atoms with Crippen molar-refractivity contribution in [2.45, 2.75) is 13.0 Å². The Kier molecular flexibility index (Phi) is 6.18. The Balaban J connectivity index is 1.59. The maximum Gasteiger partial charge on any atom is 0.123 e. The standard InChI is InChI=1S/C16H21FN2S/c1-19(12-15-3-2-4-16(17)11-15)9-8-18-7-5-14-6-10-20-13-14/h2-4,6,10-11,13,18H,5,7-9,12H2,1H3. The maximum atomic E-state index is 13.1. The molecule has 1 heterocycles. The van der Waals surface area contributed by atoms with Gasteiger partial charge in [-0.3, -0.25) is 0 Å². The van der Waals surface area contributed by atoms with Crippen LogP contribution < -0.4 is 5.32 Å².